The maximum Gasteiger partial charge on any atom is 0.262 e. The third-order valence-electron chi connectivity index (χ3n) is 5.16. The van der Waals surface area contributed by atoms with E-state index in [1.54, 1.807) is 55.5 Å². The van der Waals surface area contributed by atoms with Crippen molar-refractivity contribution in [3.05, 3.63) is 95.1 Å². The van der Waals surface area contributed by atoms with Crippen LogP contribution in [-0.4, -0.2) is 20.0 Å². The van der Waals surface area contributed by atoms with Gasteiger partial charge in [0.1, 0.15) is 0 Å². The minimum absolute atomic E-state index is 0.145. The van der Waals surface area contributed by atoms with E-state index in [1.807, 2.05) is 12.1 Å². The van der Waals surface area contributed by atoms with Gasteiger partial charge >= 0.3 is 0 Å². The van der Waals surface area contributed by atoms with E-state index in [0.29, 0.717) is 17.5 Å². The first-order valence-corrected chi connectivity index (χ1v) is 10.7. The molecule has 0 aliphatic heterocycles. The van der Waals surface area contributed by atoms with Crippen LogP contribution in [0, 0.1) is 12.8 Å². The lowest BCUT2D eigenvalue weighted by molar-refractivity contribution is 0.0823. The van der Waals surface area contributed by atoms with Gasteiger partial charge < -0.3 is 0 Å². The van der Waals surface area contributed by atoms with E-state index in [2.05, 4.69) is 4.72 Å². The summed E-state index contributed by atoms with van der Waals surface area (Å²) in [5.74, 6) is -1.44. The quantitative estimate of drug-likeness (QED) is 0.513. The highest BCUT2D eigenvalue weighted by atomic mass is 32.2. The molecule has 0 saturated carbocycles. The molecule has 0 fully saturated rings. The molecule has 1 atom stereocenters. The zero-order valence-electron chi connectivity index (χ0n) is 15.8. The number of fused-ring (bicyclic) bond motifs is 1. The molecule has 146 valence electrons. The number of Topliss-reactive ketones (excluding diaryl/α,β-unsaturated/α-hetero) is 2. The monoisotopic (exact) mass is 405 g/mol. The number of para-hydroxylation sites is 1. The van der Waals surface area contributed by atoms with Gasteiger partial charge in [-0.2, -0.15) is 0 Å². The van der Waals surface area contributed by atoms with Crippen LogP contribution in [0.25, 0.3) is 0 Å². The highest BCUT2D eigenvalue weighted by molar-refractivity contribution is 7.92. The van der Waals surface area contributed by atoms with E-state index in [9.17, 15) is 18.0 Å². The number of ketones is 2. The first kappa shape index (κ1) is 19.1. The van der Waals surface area contributed by atoms with Crippen LogP contribution >= 0.6 is 0 Å². The summed E-state index contributed by atoms with van der Waals surface area (Å²) >= 11 is 0. The Bertz CT molecular complexity index is 1230. The third kappa shape index (κ3) is 3.47. The summed E-state index contributed by atoms with van der Waals surface area (Å²) in [6.45, 7) is 1.71. The van der Waals surface area contributed by atoms with Crippen molar-refractivity contribution in [2.24, 2.45) is 5.92 Å². The van der Waals surface area contributed by atoms with Crippen LogP contribution in [0.4, 0.5) is 5.69 Å². The van der Waals surface area contributed by atoms with Gasteiger partial charge in [-0.15, -0.1) is 0 Å². The Morgan fingerprint density at radius 2 is 1.59 bits per heavy atom. The standard InChI is InChI=1S/C23H19NO4S/c1-15-8-2-7-13-21(15)29(27,28)24-20-12-6-5-11-18(20)23(26)19-14-16-9-3-4-10-17(16)22(19)25/h2-13,19,24H,14H2,1H3. The molecule has 5 nitrogen and oxygen atoms in total. The topological polar surface area (TPSA) is 80.3 Å². The summed E-state index contributed by atoms with van der Waals surface area (Å²) in [5.41, 5.74) is 2.36. The Kier molecular flexibility index (Phi) is 4.80. The lowest BCUT2D eigenvalue weighted by atomic mass is 9.93. The van der Waals surface area contributed by atoms with Crippen LogP contribution < -0.4 is 4.72 Å². The summed E-state index contributed by atoms with van der Waals surface area (Å²) in [4.78, 5) is 26.0. The van der Waals surface area contributed by atoms with Crippen molar-refractivity contribution in [1.82, 2.24) is 0 Å². The van der Waals surface area contributed by atoms with Crippen molar-refractivity contribution in [1.29, 1.82) is 0 Å². The van der Waals surface area contributed by atoms with E-state index in [-0.39, 0.29) is 27.7 Å². The Balaban J connectivity index is 1.67. The fraction of sp³-hybridized carbons (Fsp3) is 0.130. The molecule has 0 radical (unpaired) electrons. The zero-order valence-corrected chi connectivity index (χ0v) is 16.6. The van der Waals surface area contributed by atoms with Gasteiger partial charge in [0, 0.05) is 11.1 Å². The van der Waals surface area contributed by atoms with Gasteiger partial charge in [-0.3, -0.25) is 14.3 Å². The van der Waals surface area contributed by atoms with Crippen molar-refractivity contribution < 1.29 is 18.0 Å². The molecule has 3 aromatic carbocycles. The molecule has 0 amide bonds. The van der Waals surface area contributed by atoms with Gasteiger partial charge in [-0.25, -0.2) is 8.42 Å². The van der Waals surface area contributed by atoms with Crippen LogP contribution in [0.2, 0.25) is 0 Å². The fourth-order valence-corrected chi connectivity index (χ4v) is 5.01. The molecule has 6 heteroatoms. The number of benzene rings is 3. The number of carbonyl (C=O) groups excluding carboxylic acids is 2. The summed E-state index contributed by atoms with van der Waals surface area (Å²) in [7, 11) is -3.88. The summed E-state index contributed by atoms with van der Waals surface area (Å²) in [6, 6.07) is 20.2. The van der Waals surface area contributed by atoms with Gasteiger partial charge in [0.05, 0.1) is 16.5 Å². The Morgan fingerprint density at radius 1 is 0.931 bits per heavy atom. The number of aryl methyl sites for hydroxylation is 1. The minimum Gasteiger partial charge on any atom is -0.293 e. The SMILES string of the molecule is Cc1ccccc1S(=O)(=O)Nc1ccccc1C(=O)C1Cc2ccccc2C1=O. The van der Waals surface area contributed by atoms with E-state index >= 15 is 0 Å². The van der Waals surface area contributed by atoms with E-state index in [4.69, 9.17) is 0 Å². The predicted molar refractivity (Wildman–Crippen MR) is 111 cm³/mol. The van der Waals surface area contributed by atoms with Crippen LogP contribution in [0.1, 0.15) is 31.8 Å². The number of carbonyl (C=O) groups is 2. The molecule has 0 heterocycles. The van der Waals surface area contributed by atoms with Crippen molar-refractivity contribution in [2.75, 3.05) is 4.72 Å². The minimum atomic E-state index is -3.88. The van der Waals surface area contributed by atoms with Gasteiger partial charge in [0.2, 0.25) is 0 Å². The maximum atomic E-state index is 13.2. The average Bonchev–Trinajstić information content (AvgIpc) is 3.05. The Morgan fingerprint density at radius 3 is 2.34 bits per heavy atom. The number of hydrogen-bond acceptors (Lipinski definition) is 4. The second kappa shape index (κ2) is 7.29. The maximum absolute atomic E-state index is 13.2. The molecular weight excluding hydrogens is 386 g/mol. The Labute approximate surface area is 169 Å². The molecule has 1 N–H and O–H groups in total. The molecule has 0 bridgehead atoms. The molecule has 1 unspecified atom stereocenters. The predicted octanol–water partition coefficient (Wildman–Crippen LogP) is 4.03. The number of sulfonamides is 1. The van der Waals surface area contributed by atoms with Gasteiger partial charge in [-0.1, -0.05) is 54.6 Å². The largest absolute Gasteiger partial charge is 0.293 e. The van der Waals surface area contributed by atoms with E-state index in [0.717, 1.165) is 5.56 Å². The number of nitrogens with one attached hydrogen (secondary N) is 1. The van der Waals surface area contributed by atoms with Gasteiger partial charge in [0.15, 0.2) is 11.6 Å². The molecule has 0 saturated heterocycles. The molecule has 0 aromatic heterocycles. The molecule has 1 aliphatic rings. The first-order chi connectivity index (χ1) is 13.9. The second-order valence-electron chi connectivity index (χ2n) is 7.06. The summed E-state index contributed by atoms with van der Waals surface area (Å²) in [6.07, 6.45) is 0.326. The molecule has 3 aromatic rings. The van der Waals surface area contributed by atoms with Crippen LogP contribution in [0.5, 0.6) is 0 Å². The lowest BCUT2D eigenvalue weighted by Crippen LogP contribution is -2.23. The fourth-order valence-electron chi connectivity index (χ4n) is 3.68. The van der Waals surface area contributed by atoms with Crippen molar-refractivity contribution in [3.8, 4) is 0 Å². The Hall–Kier alpha value is -3.25. The van der Waals surface area contributed by atoms with Gasteiger partial charge in [0.25, 0.3) is 10.0 Å². The van der Waals surface area contributed by atoms with Crippen molar-refractivity contribution in [3.63, 3.8) is 0 Å². The number of hydrogen-bond donors (Lipinski definition) is 1. The zero-order chi connectivity index (χ0) is 20.6. The summed E-state index contributed by atoms with van der Waals surface area (Å²) in [5, 5.41) is 0. The molecular formula is C23H19NO4S. The molecule has 4 rings (SSSR count). The van der Waals surface area contributed by atoms with Gasteiger partial charge in [-0.05, 0) is 42.7 Å². The van der Waals surface area contributed by atoms with E-state index < -0.39 is 15.9 Å². The first-order valence-electron chi connectivity index (χ1n) is 9.22. The molecule has 1 aliphatic carbocycles. The third-order valence-corrected chi connectivity index (χ3v) is 6.69. The normalized spacial score (nSPS) is 15.8. The summed E-state index contributed by atoms with van der Waals surface area (Å²) < 4.78 is 28.3. The van der Waals surface area contributed by atoms with Crippen LogP contribution in [-0.2, 0) is 16.4 Å². The highest BCUT2D eigenvalue weighted by Crippen LogP contribution is 2.31. The van der Waals surface area contributed by atoms with Crippen molar-refractivity contribution >= 4 is 27.3 Å². The van der Waals surface area contributed by atoms with Crippen LogP contribution in [0.3, 0.4) is 0 Å². The lowest BCUT2D eigenvalue weighted by Gasteiger charge is -2.15. The van der Waals surface area contributed by atoms with Crippen molar-refractivity contribution in [2.45, 2.75) is 18.2 Å². The smallest absolute Gasteiger partial charge is 0.262 e. The second-order valence-corrected chi connectivity index (χ2v) is 8.71. The highest BCUT2D eigenvalue weighted by Gasteiger charge is 2.36. The number of anilines is 1. The molecule has 29 heavy (non-hydrogen) atoms. The molecule has 0 spiro atoms. The van der Waals surface area contributed by atoms with Crippen LogP contribution in [0.15, 0.2) is 77.7 Å². The van der Waals surface area contributed by atoms with E-state index in [1.165, 1.54) is 12.1 Å². The average molecular weight is 405 g/mol. The number of rotatable bonds is 5.